The van der Waals surface area contributed by atoms with Crippen molar-refractivity contribution in [3.63, 3.8) is 0 Å². The lowest BCUT2D eigenvalue weighted by Gasteiger charge is -2.19. The summed E-state index contributed by atoms with van der Waals surface area (Å²) in [6, 6.07) is 3.02. The Balaban J connectivity index is 1.87. The summed E-state index contributed by atoms with van der Waals surface area (Å²) in [6.45, 7) is -0.0981. The topological polar surface area (TPSA) is 94.2 Å². The molecule has 9 heteroatoms. The first-order valence-corrected chi connectivity index (χ1v) is 8.97. The molecule has 0 saturated carbocycles. The molecule has 2 amide bonds. The number of anilines is 1. The number of hydrogen-bond donors (Lipinski definition) is 1. The van der Waals surface area contributed by atoms with Gasteiger partial charge >= 0.3 is 5.97 Å². The molecule has 0 unspecified atom stereocenters. The second kappa shape index (κ2) is 10.0. The number of nitrogens with one attached hydrogen (secondary N) is 1. The number of rotatable bonds is 7. The Hall–Kier alpha value is -2.48. The predicted octanol–water partition coefficient (Wildman–Crippen LogP) is 2.24. The normalized spacial score (nSPS) is 14.3. The minimum atomic E-state index is -0.625. The molecule has 1 aromatic carbocycles. The second-order valence-electron chi connectivity index (χ2n) is 6.02. The van der Waals surface area contributed by atoms with Crippen molar-refractivity contribution >= 4 is 35.1 Å². The van der Waals surface area contributed by atoms with E-state index in [9.17, 15) is 14.4 Å². The second-order valence-corrected chi connectivity index (χ2v) is 6.43. The van der Waals surface area contributed by atoms with Gasteiger partial charge in [0.25, 0.3) is 5.91 Å². The van der Waals surface area contributed by atoms with Gasteiger partial charge in [-0.25, -0.2) is 0 Å². The monoisotopic (exact) mass is 398 g/mol. The van der Waals surface area contributed by atoms with Gasteiger partial charge in [-0.2, -0.15) is 0 Å². The van der Waals surface area contributed by atoms with Crippen LogP contribution in [-0.2, 0) is 19.1 Å². The van der Waals surface area contributed by atoms with Crippen molar-refractivity contribution in [2.45, 2.75) is 25.7 Å². The number of amides is 2. The number of esters is 1. The van der Waals surface area contributed by atoms with Crippen LogP contribution in [0.5, 0.6) is 11.5 Å². The van der Waals surface area contributed by atoms with Crippen molar-refractivity contribution in [2.75, 3.05) is 39.2 Å². The minimum absolute atomic E-state index is 0.0634. The van der Waals surface area contributed by atoms with Gasteiger partial charge in [0.1, 0.15) is 18.0 Å². The van der Waals surface area contributed by atoms with Crippen molar-refractivity contribution in [3.05, 3.63) is 17.2 Å². The van der Waals surface area contributed by atoms with Crippen molar-refractivity contribution in [1.82, 2.24) is 4.90 Å². The van der Waals surface area contributed by atoms with Gasteiger partial charge in [-0.1, -0.05) is 18.0 Å². The molecule has 1 N–H and O–H groups in total. The maximum atomic E-state index is 12.1. The Morgan fingerprint density at radius 3 is 2.59 bits per heavy atom. The highest BCUT2D eigenvalue weighted by atomic mass is 35.5. The lowest BCUT2D eigenvalue weighted by Crippen LogP contribution is -2.36. The maximum absolute atomic E-state index is 12.1. The molecule has 0 aliphatic carbocycles. The van der Waals surface area contributed by atoms with E-state index in [1.165, 1.54) is 31.3 Å². The first-order valence-electron chi connectivity index (χ1n) is 8.59. The quantitative estimate of drug-likeness (QED) is 0.708. The van der Waals surface area contributed by atoms with E-state index in [1.807, 2.05) is 0 Å². The molecule has 0 spiro atoms. The van der Waals surface area contributed by atoms with Gasteiger partial charge in [0.2, 0.25) is 5.91 Å². The van der Waals surface area contributed by atoms with E-state index in [4.69, 9.17) is 25.8 Å². The number of hydrogen-bond acceptors (Lipinski definition) is 6. The van der Waals surface area contributed by atoms with Gasteiger partial charge in [0.05, 0.1) is 24.9 Å². The van der Waals surface area contributed by atoms with Crippen LogP contribution in [0, 0.1) is 0 Å². The number of methoxy groups -OCH3 is 2. The van der Waals surface area contributed by atoms with Crippen molar-refractivity contribution < 1.29 is 28.6 Å². The highest BCUT2D eigenvalue weighted by Crippen LogP contribution is 2.35. The summed E-state index contributed by atoms with van der Waals surface area (Å²) in [7, 11) is 2.91. The number of halogens is 1. The van der Waals surface area contributed by atoms with Gasteiger partial charge in [-0.15, -0.1) is 0 Å². The van der Waals surface area contributed by atoms with E-state index in [-0.39, 0.29) is 12.5 Å². The van der Waals surface area contributed by atoms with Crippen LogP contribution in [0.1, 0.15) is 25.7 Å². The number of nitrogens with zero attached hydrogens (tertiary/aromatic N) is 1. The molecule has 8 nitrogen and oxygen atoms in total. The van der Waals surface area contributed by atoms with Gasteiger partial charge in [0, 0.05) is 19.0 Å². The van der Waals surface area contributed by atoms with Crippen LogP contribution in [-0.4, -0.2) is 56.6 Å². The maximum Gasteiger partial charge on any atom is 0.326 e. The summed E-state index contributed by atoms with van der Waals surface area (Å²) in [6.07, 6.45) is 3.09. The lowest BCUT2D eigenvalue weighted by molar-refractivity contribution is -0.151. The summed E-state index contributed by atoms with van der Waals surface area (Å²) in [5.41, 5.74) is 0.326. The largest absolute Gasteiger partial charge is 0.495 e. The molecule has 1 aliphatic rings. The van der Waals surface area contributed by atoms with Crippen LogP contribution in [0.4, 0.5) is 5.69 Å². The van der Waals surface area contributed by atoms with Gasteiger partial charge < -0.3 is 24.4 Å². The van der Waals surface area contributed by atoms with E-state index < -0.39 is 18.5 Å². The molecule has 1 aliphatic heterocycles. The Labute approximate surface area is 162 Å². The van der Waals surface area contributed by atoms with Gasteiger partial charge in [-0.05, 0) is 18.9 Å². The standard InChI is InChI=1S/C18H23ClN2O6/c1-25-14-9-15(26-2)13(8-12(14)19)20-16(22)11-27-18(24)10-21-7-5-3-4-6-17(21)23/h8-9H,3-7,10-11H2,1-2H3,(H,20,22). The third-order valence-electron chi connectivity index (χ3n) is 4.10. The van der Waals surface area contributed by atoms with Gasteiger partial charge in [-0.3, -0.25) is 14.4 Å². The summed E-state index contributed by atoms with van der Waals surface area (Å²) in [5, 5.41) is 2.87. The molecular weight excluding hydrogens is 376 g/mol. The van der Waals surface area contributed by atoms with Crippen molar-refractivity contribution in [3.8, 4) is 11.5 Å². The van der Waals surface area contributed by atoms with Gasteiger partial charge in [0.15, 0.2) is 6.61 Å². The highest BCUT2D eigenvalue weighted by Gasteiger charge is 2.20. The van der Waals surface area contributed by atoms with Crippen LogP contribution in [0.15, 0.2) is 12.1 Å². The van der Waals surface area contributed by atoms with Crippen LogP contribution in [0.2, 0.25) is 5.02 Å². The Bertz CT molecular complexity index is 709. The average molecular weight is 399 g/mol. The summed E-state index contributed by atoms with van der Waals surface area (Å²) in [5.74, 6) is -0.483. The number of ether oxygens (including phenoxy) is 3. The molecule has 1 saturated heterocycles. The number of benzene rings is 1. The smallest absolute Gasteiger partial charge is 0.326 e. The third-order valence-corrected chi connectivity index (χ3v) is 4.40. The molecule has 148 valence electrons. The van der Waals surface area contributed by atoms with E-state index in [2.05, 4.69) is 5.32 Å². The molecule has 1 fully saturated rings. The predicted molar refractivity (Wildman–Crippen MR) is 99.2 cm³/mol. The molecule has 0 radical (unpaired) electrons. The lowest BCUT2D eigenvalue weighted by atomic mass is 10.2. The fourth-order valence-corrected chi connectivity index (χ4v) is 2.94. The minimum Gasteiger partial charge on any atom is -0.495 e. The van der Waals surface area contributed by atoms with Crippen LogP contribution in [0.3, 0.4) is 0 Å². The molecule has 1 heterocycles. The SMILES string of the molecule is COc1cc(OC)c(NC(=O)COC(=O)CN2CCCCCC2=O)cc1Cl. The van der Waals surface area contributed by atoms with Crippen LogP contribution in [0.25, 0.3) is 0 Å². The molecule has 1 aromatic rings. The zero-order chi connectivity index (χ0) is 19.8. The molecule has 27 heavy (non-hydrogen) atoms. The summed E-state index contributed by atoms with van der Waals surface area (Å²) >= 11 is 6.05. The molecule has 0 aromatic heterocycles. The first-order chi connectivity index (χ1) is 12.9. The zero-order valence-electron chi connectivity index (χ0n) is 15.4. The highest BCUT2D eigenvalue weighted by molar-refractivity contribution is 6.32. The molecule has 0 bridgehead atoms. The third kappa shape index (κ3) is 6.02. The van der Waals surface area contributed by atoms with Crippen LogP contribution < -0.4 is 14.8 Å². The van der Waals surface area contributed by atoms with Crippen LogP contribution >= 0.6 is 11.6 Å². The Morgan fingerprint density at radius 1 is 1.15 bits per heavy atom. The summed E-state index contributed by atoms with van der Waals surface area (Å²) in [4.78, 5) is 37.3. The van der Waals surface area contributed by atoms with Crippen molar-refractivity contribution in [1.29, 1.82) is 0 Å². The van der Waals surface area contributed by atoms with E-state index in [0.717, 1.165) is 19.3 Å². The Morgan fingerprint density at radius 2 is 1.89 bits per heavy atom. The van der Waals surface area contributed by atoms with E-state index >= 15 is 0 Å². The summed E-state index contributed by atoms with van der Waals surface area (Å²) < 4.78 is 15.3. The molecule has 0 atom stereocenters. The van der Waals surface area contributed by atoms with E-state index in [1.54, 1.807) is 0 Å². The fraction of sp³-hybridized carbons (Fsp3) is 0.500. The number of carbonyl (C=O) groups is 3. The fourth-order valence-electron chi connectivity index (χ4n) is 2.70. The average Bonchev–Trinajstić information content (AvgIpc) is 2.85. The Kier molecular flexibility index (Phi) is 7.72. The zero-order valence-corrected chi connectivity index (χ0v) is 16.1. The van der Waals surface area contributed by atoms with E-state index in [0.29, 0.717) is 35.2 Å². The molecular formula is C18H23ClN2O6. The van der Waals surface area contributed by atoms with Crippen molar-refractivity contribution in [2.24, 2.45) is 0 Å². The number of likely N-dealkylation sites (tertiary alicyclic amines) is 1. The first kappa shape index (κ1) is 20.8. The molecule has 2 rings (SSSR count). The number of carbonyl (C=O) groups excluding carboxylic acids is 3.